The largest absolute Gasteiger partial charge is 0.497 e. The fourth-order valence-electron chi connectivity index (χ4n) is 4.15. The molecule has 31 heavy (non-hydrogen) atoms. The minimum absolute atomic E-state index is 0.0196. The van der Waals surface area contributed by atoms with Gasteiger partial charge in [0.15, 0.2) is 5.78 Å². The van der Waals surface area contributed by atoms with Crippen molar-refractivity contribution in [1.29, 1.82) is 0 Å². The lowest BCUT2D eigenvalue weighted by Gasteiger charge is -2.40. The predicted molar refractivity (Wildman–Crippen MR) is 121 cm³/mol. The lowest BCUT2D eigenvalue weighted by Crippen LogP contribution is -2.48. The Morgan fingerprint density at radius 2 is 1.55 bits per heavy atom. The van der Waals surface area contributed by atoms with Crippen molar-refractivity contribution in [2.45, 2.75) is 12.5 Å². The first-order valence-electron chi connectivity index (χ1n) is 10.6. The summed E-state index contributed by atoms with van der Waals surface area (Å²) in [6.07, 6.45) is 0.424. The number of Topliss-reactive ketones (excluding diaryl/α,β-unsaturated/α-hetero) is 1. The molecule has 5 heteroatoms. The highest BCUT2D eigenvalue weighted by Gasteiger charge is 2.27. The van der Waals surface area contributed by atoms with Gasteiger partial charge in [-0.2, -0.15) is 0 Å². The zero-order chi connectivity index (χ0) is 21.6. The molecule has 0 radical (unpaired) electrons. The highest BCUT2D eigenvalue weighted by molar-refractivity contribution is 5.96. The van der Waals surface area contributed by atoms with Crippen molar-refractivity contribution < 1.29 is 13.9 Å². The molecule has 0 amide bonds. The lowest BCUT2D eigenvalue weighted by molar-refractivity contribution is 0.0910. The summed E-state index contributed by atoms with van der Waals surface area (Å²) in [7, 11) is 1.62. The predicted octanol–water partition coefficient (Wildman–Crippen LogP) is 4.97. The molecule has 0 spiro atoms. The van der Waals surface area contributed by atoms with Crippen LogP contribution >= 0.6 is 0 Å². The van der Waals surface area contributed by atoms with E-state index in [2.05, 4.69) is 21.9 Å². The Labute approximate surface area is 182 Å². The van der Waals surface area contributed by atoms with Crippen LogP contribution in [0.15, 0.2) is 78.9 Å². The normalized spacial score (nSPS) is 15.5. The number of carbonyl (C=O) groups is 1. The molecule has 4 nitrogen and oxygen atoms in total. The highest BCUT2D eigenvalue weighted by Crippen LogP contribution is 2.29. The smallest absolute Gasteiger partial charge is 0.164 e. The first-order chi connectivity index (χ1) is 15.1. The summed E-state index contributed by atoms with van der Waals surface area (Å²) in [5.74, 6) is 0.647. The van der Waals surface area contributed by atoms with Crippen LogP contribution in [-0.4, -0.2) is 44.0 Å². The van der Waals surface area contributed by atoms with Crippen LogP contribution in [0.1, 0.15) is 28.4 Å². The first-order valence-corrected chi connectivity index (χ1v) is 10.6. The van der Waals surface area contributed by atoms with E-state index in [1.54, 1.807) is 7.11 Å². The number of anilines is 1. The standard InChI is InChI=1S/C26H27FN2O2/c1-31-24-13-7-21(8-14-24)26(30)19-25(20-5-3-2-4-6-20)29-17-15-28(16-18-29)23-11-9-22(27)10-12-23/h2-14,25H,15-19H2,1H3/t25-/m1/s1. The molecular formula is C26H27FN2O2. The summed E-state index contributed by atoms with van der Waals surface area (Å²) in [5, 5.41) is 0. The third-order valence-electron chi connectivity index (χ3n) is 5.92. The second-order valence-corrected chi connectivity index (χ2v) is 7.78. The third-order valence-corrected chi connectivity index (χ3v) is 5.92. The molecule has 1 heterocycles. The summed E-state index contributed by atoms with van der Waals surface area (Å²) in [6, 6.07) is 24.2. The highest BCUT2D eigenvalue weighted by atomic mass is 19.1. The van der Waals surface area contributed by atoms with Crippen LogP contribution in [0.5, 0.6) is 5.75 Å². The van der Waals surface area contributed by atoms with Crippen molar-refractivity contribution in [3.63, 3.8) is 0 Å². The van der Waals surface area contributed by atoms with Gasteiger partial charge in [-0.25, -0.2) is 4.39 Å². The molecule has 1 aliphatic rings. The van der Waals surface area contributed by atoms with Crippen LogP contribution in [0.3, 0.4) is 0 Å². The Morgan fingerprint density at radius 1 is 0.903 bits per heavy atom. The maximum absolute atomic E-state index is 13.2. The monoisotopic (exact) mass is 418 g/mol. The second kappa shape index (κ2) is 9.75. The maximum Gasteiger partial charge on any atom is 0.164 e. The molecule has 160 valence electrons. The lowest BCUT2D eigenvalue weighted by atomic mass is 9.96. The van der Waals surface area contributed by atoms with Crippen molar-refractivity contribution in [3.8, 4) is 5.75 Å². The summed E-state index contributed by atoms with van der Waals surface area (Å²) in [4.78, 5) is 17.7. The molecule has 0 aliphatic carbocycles. The Kier molecular flexibility index (Phi) is 6.63. The molecular weight excluding hydrogens is 391 g/mol. The fourth-order valence-corrected chi connectivity index (χ4v) is 4.15. The summed E-state index contributed by atoms with van der Waals surface area (Å²) in [5.41, 5.74) is 2.89. The zero-order valence-corrected chi connectivity index (χ0v) is 17.7. The van der Waals surface area contributed by atoms with E-state index in [9.17, 15) is 9.18 Å². The van der Waals surface area contributed by atoms with Crippen LogP contribution < -0.4 is 9.64 Å². The van der Waals surface area contributed by atoms with Crippen LogP contribution in [0.2, 0.25) is 0 Å². The van der Waals surface area contributed by atoms with Gasteiger partial charge in [-0.05, 0) is 54.1 Å². The second-order valence-electron chi connectivity index (χ2n) is 7.78. The Hall–Kier alpha value is -3.18. The maximum atomic E-state index is 13.2. The van der Waals surface area contributed by atoms with Crippen LogP contribution in [-0.2, 0) is 0 Å². The van der Waals surface area contributed by atoms with Gasteiger partial charge in [0, 0.05) is 49.9 Å². The number of benzene rings is 3. The van der Waals surface area contributed by atoms with Gasteiger partial charge in [0.25, 0.3) is 0 Å². The first kappa shape index (κ1) is 21.1. The SMILES string of the molecule is COc1ccc(C(=O)C[C@H](c2ccccc2)N2CCN(c3ccc(F)cc3)CC2)cc1. The molecule has 0 bridgehead atoms. The molecule has 1 saturated heterocycles. The molecule has 0 N–H and O–H groups in total. The minimum atomic E-state index is -0.219. The Balaban J connectivity index is 1.48. The van der Waals surface area contributed by atoms with Gasteiger partial charge >= 0.3 is 0 Å². The van der Waals surface area contributed by atoms with E-state index in [-0.39, 0.29) is 17.6 Å². The van der Waals surface area contributed by atoms with Crippen molar-refractivity contribution in [2.24, 2.45) is 0 Å². The molecule has 1 aliphatic heterocycles. The summed E-state index contributed by atoms with van der Waals surface area (Å²) < 4.78 is 18.5. The van der Waals surface area contributed by atoms with Gasteiger partial charge < -0.3 is 9.64 Å². The number of hydrogen-bond acceptors (Lipinski definition) is 4. The van der Waals surface area contributed by atoms with Gasteiger partial charge in [-0.15, -0.1) is 0 Å². The number of halogens is 1. The molecule has 3 aromatic carbocycles. The number of ether oxygens (including phenoxy) is 1. The average molecular weight is 419 g/mol. The molecule has 4 rings (SSSR count). The number of hydrogen-bond donors (Lipinski definition) is 0. The average Bonchev–Trinajstić information content (AvgIpc) is 2.84. The van der Waals surface area contributed by atoms with E-state index >= 15 is 0 Å². The molecule has 1 fully saturated rings. The molecule has 0 unspecified atom stereocenters. The number of methoxy groups -OCH3 is 1. The van der Waals surface area contributed by atoms with E-state index in [1.165, 1.54) is 12.1 Å². The van der Waals surface area contributed by atoms with E-state index in [0.29, 0.717) is 12.0 Å². The number of nitrogens with zero attached hydrogens (tertiary/aromatic N) is 2. The van der Waals surface area contributed by atoms with E-state index < -0.39 is 0 Å². The number of rotatable bonds is 7. The van der Waals surface area contributed by atoms with E-state index in [1.807, 2.05) is 54.6 Å². The molecule has 3 aromatic rings. The quantitative estimate of drug-likeness (QED) is 0.507. The van der Waals surface area contributed by atoms with Crippen LogP contribution in [0.4, 0.5) is 10.1 Å². The Bertz CT molecular complexity index is 982. The van der Waals surface area contributed by atoms with Gasteiger partial charge in [0.05, 0.1) is 7.11 Å². The van der Waals surface area contributed by atoms with E-state index in [0.717, 1.165) is 43.2 Å². The van der Waals surface area contributed by atoms with Gasteiger partial charge in [-0.3, -0.25) is 9.69 Å². The van der Waals surface area contributed by atoms with Gasteiger partial charge in [0.1, 0.15) is 11.6 Å². The minimum Gasteiger partial charge on any atom is -0.497 e. The summed E-state index contributed by atoms with van der Waals surface area (Å²) >= 11 is 0. The summed E-state index contributed by atoms with van der Waals surface area (Å²) in [6.45, 7) is 3.36. The third kappa shape index (κ3) is 5.12. The number of carbonyl (C=O) groups excluding carboxylic acids is 1. The molecule has 0 saturated carbocycles. The topological polar surface area (TPSA) is 32.8 Å². The van der Waals surface area contributed by atoms with Crippen molar-refractivity contribution in [3.05, 3.63) is 95.8 Å². The van der Waals surface area contributed by atoms with Gasteiger partial charge in [0.2, 0.25) is 0 Å². The van der Waals surface area contributed by atoms with Crippen LogP contribution in [0.25, 0.3) is 0 Å². The van der Waals surface area contributed by atoms with Crippen LogP contribution in [0, 0.1) is 5.82 Å². The van der Waals surface area contributed by atoms with Crippen molar-refractivity contribution in [2.75, 3.05) is 38.2 Å². The molecule has 0 aromatic heterocycles. The number of ketones is 1. The van der Waals surface area contributed by atoms with Gasteiger partial charge in [-0.1, -0.05) is 30.3 Å². The van der Waals surface area contributed by atoms with E-state index in [4.69, 9.17) is 4.74 Å². The van der Waals surface area contributed by atoms with Crippen molar-refractivity contribution in [1.82, 2.24) is 4.90 Å². The molecule has 1 atom stereocenters. The number of piperazine rings is 1. The zero-order valence-electron chi connectivity index (χ0n) is 17.7. The Morgan fingerprint density at radius 3 is 2.16 bits per heavy atom. The fraction of sp³-hybridized carbons (Fsp3) is 0.269. The van der Waals surface area contributed by atoms with Crippen molar-refractivity contribution >= 4 is 11.5 Å².